The summed E-state index contributed by atoms with van der Waals surface area (Å²) in [4.78, 5) is 63.9. The molecule has 0 radical (unpaired) electrons. The van der Waals surface area contributed by atoms with Gasteiger partial charge >= 0.3 is 5.97 Å². The van der Waals surface area contributed by atoms with Crippen LogP contribution < -0.4 is 10.6 Å². The Bertz CT molecular complexity index is 1350. The number of nitrogens with one attached hydrogen (secondary N) is 2. The third kappa shape index (κ3) is 11.7. The van der Waals surface area contributed by atoms with Crippen LogP contribution in [-0.2, 0) is 33.4 Å². The summed E-state index contributed by atoms with van der Waals surface area (Å²) in [6.45, 7) is 5.07. The van der Waals surface area contributed by atoms with Gasteiger partial charge in [0.05, 0.1) is 30.4 Å². The molecule has 3 rings (SSSR count). The summed E-state index contributed by atoms with van der Waals surface area (Å²) >= 11 is 0. The molecule has 1 saturated carbocycles. The lowest BCUT2D eigenvalue weighted by molar-refractivity contribution is -0.156. The Hall–Kier alpha value is -3.93. The molecule has 2 aliphatic carbocycles. The number of ether oxygens (including phenoxy) is 2. The Labute approximate surface area is 276 Å². The number of rotatable bonds is 5. The molecule has 11 nitrogen and oxygen atoms in total. The zero-order chi connectivity index (χ0) is 34.5. The smallest absolute Gasteiger partial charge is 0.328 e. The van der Waals surface area contributed by atoms with Crippen LogP contribution in [0, 0.1) is 11.8 Å². The van der Waals surface area contributed by atoms with Crippen molar-refractivity contribution >= 4 is 29.4 Å². The number of carbonyl (C=O) groups excluding carboxylic acids is 5. The van der Waals surface area contributed by atoms with Crippen LogP contribution >= 0.6 is 0 Å². The van der Waals surface area contributed by atoms with Gasteiger partial charge in [0.1, 0.15) is 12.1 Å². The van der Waals surface area contributed by atoms with Crippen molar-refractivity contribution in [2.75, 3.05) is 7.11 Å². The lowest BCUT2D eigenvalue weighted by Gasteiger charge is -2.30. The number of aliphatic hydroxyl groups is 2. The van der Waals surface area contributed by atoms with Gasteiger partial charge in [0.15, 0.2) is 5.78 Å². The van der Waals surface area contributed by atoms with Crippen molar-refractivity contribution in [3.63, 3.8) is 0 Å². The van der Waals surface area contributed by atoms with Crippen LogP contribution in [0.4, 0.5) is 0 Å². The Morgan fingerprint density at radius 2 is 1.72 bits per heavy atom. The summed E-state index contributed by atoms with van der Waals surface area (Å²) in [5.41, 5.74) is 0.759. The number of esters is 1. The molecule has 2 amide bonds. The molecule has 0 aromatic rings. The minimum absolute atomic E-state index is 0.0675. The van der Waals surface area contributed by atoms with Gasteiger partial charge in [-0.25, -0.2) is 4.79 Å². The van der Waals surface area contributed by atoms with Crippen molar-refractivity contribution < 1.29 is 43.7 Å². The van der Waals surface area contributed by atoms with E-state index < -0.39 is 59.8 Å². The van der Waals surface area contributed by atoms with E-state index in [2.05, 4.69) is 10.6 Å². The maximum Gasteiger partial charge on any atom is 0.328 e. The summed E-state index contributed by atoms with van der Waals surface area (Å²) in [6.07, 6.45) is 14.9. The Morgan fingerprint density at radius 1 is 1.02 bits per heavy atom. The van der Waals surface area contributed by atoms with Gasteiger partial charge < -0.3 is 30.3 Å². The molecule has 47 heavy (non-hydrogen) atoms. The topological polar surface area (TPSA) is 168 Å². The first-order valence-electron chi connectivity index (χ1n) is 16.3. The second kappa shape index (κ2) is 18.4. The maximum atomic E-state index is 13.1. The lowest BCUT2D eigenvalue weighted by atomic mass is 9.87. The minimum atomic E-state index is -0.995. The second-order valence-electron chi connectivity index (χ2n) is 12.4. The van der Waals surface area contributed by atoms with Crippen molar-refractivity contribution in [1.82, 2.24) is 10.6 Å². The highest BCUT2D eigenvalue weighted by atomic mass is 16.5. The highest BCUT2D eigenvalue weighted by Gasteiger charge is 2.32. The molecule has 0 spiro atoms. The fraction of sp³-hybridized carbons (Fsp3) is 0.528. The first-order chi connectivity index (χ1) is 22.4. The van der Waals surface area contributed by atoms with Gasteiger partial charge in [-0.1, -0.05) is 49.5 Å². The van der Waals surface area contributed by atoms with E-state index in [1.54, 1.807) is 57.2 Å². The van der Waals surface area contributed by atoms with Gasteiger partial charge in [-0.15, -0.1) is 0 Å². The Morgan fingerprint density at radius 3 is 2.43 bits per heavy atom. The standard InChI is InChI=1S/C36H48N2O9/c1-22-11-10-12-26-19-28(40)20-30(34(26)43)38-32(41)21-29(46-4)13-8-6-5-7-9-14-31(23(2)33(22)42)47-36(45)24(3)37-35(44)25-15-17-27(39)18-16-25/h5-9,11,13,19-20,23-25,27,29,31,33,39,42H,10,12,14-18,21H2,1-4H3,(H,37,44)(H,38,41). The third-order valence-corrected chi connectivity index (χ3v) is 8.74. The monoisotopic (exact) mass is 652 g/mol. The van der Waals surface area contributed by atoms with Crippen LogP contribution in [0.5, 0.6) is 0 Å². The average Bonchev–Trinajstić information content (AvgIpc) is 3.03. The molecule has 1 fully saturated rings. The van der Waals surface area contributed by atoms with Gasteiger partial charge in [-0.2, -0.15) is 0 Å². The van der Waals surface area contributed by atoms with Crippen LogP contribution in [0.3, 0.4) is 0 Å². The molecule has 0 aromatic heterocycles. The molecule has 2 bridgehead atoms. The van der Waals surface area contributed by atoms with E-state index in [9.17, 15) is 34.2 Å². The van der Waals surface area contributed by atoms with Crippen molar-refractivity contribution in [1.29, 1.82) is 0 Å². The minimum Gasteiger partial charge on any atom is -0.460 e. The molecule has 3 aliphatic rings. The average molecular weight is 653 g/mol. The molecule has 5 unspecified atom stereocenters. The van der Waals surface area contributed by atoms with Gasteiger partial charge in [-0.3, -0.25) is 19.2 Å². The van der Waals surface area contributed by atoms with E-state index in [1.807, 2.05) is 6.08 Å². The molecule has 11 heteroatoms. The van der Waals surface area contributed by atoms with E-state index in [0.717, 1.165) is 6.08 Å². The van der Waals surface area contributed by atoms with Crippen LogP contribution in [-0.4, -0.2) is 77.1 Å². The molecular formula is C36H48N2O9. The van der Waals surface area contributed by atoms with E-state index >= 15 is 0 Å². The number of methoxy groups -OCH3 is 1. The van der Waals surface area contributed by atoms with Crippen molar-refractivity contribution in [2.24, 2.45) is 11.8 Å². The van der Waals surface area contributed by atoms with E-state index in [0.29, 0.717) is 37.7 Å². The van der Waals surface area contributed by atoms with Crippen molar-refractivity contribution in [2.45, 2.75) is 103 Å². The molecule has 1 aliphatic heterocycles. The fourth-order valence-corrected chi connectivity index (χ4v) is 5.70. The first-order valence-corrected chi connectivity index (χ1v) is 16.3. The molecule has 0 saturated heterocycles. The summed E-state index contributed by atoms with van der Waals surface area (Å²) in [6, 6.07) is -0.910. The predicted octanol–water partition coefficient (Wildman–Crippen LogP) is 3.23. The molecule has 256 valence electrons. The number of amides is 2. The number of fused-ring (bicyclic) bond motifs is 2. The Balaban J connectivity index is 1.78. The fourth-order valence-electron chi connectivity index (χ4n) is 5.70. The van der Waals surface area contributed by atoms with Crippen LogP contribution in [0.1, 0.15) is 72.1 Å². The lowest BCUT2D eigenvalue weighted by Crippen LogP contribution is -2.45. The van der Waals surface area contributed by atoms with Crippen LogP contribution in [0.15, 0.2) is 71.5 Å². The first kappa shape index (κ1) is 37.5. The van der Waals surface area contributed by atoms with Crippen molar-refractivity contribution in [3.8, 4) is 0 Å². The van der Waals surface area contributed by atoms with Gasteiger partial charge in [0.25, 0.3) is 0 Å². The highest BCUT2D eigenvalue weighted by molar-refractivity contribution is 6.21. The van der Waals surface area contributed by atoms with Gasteiger partial charge in [0.2, 0.25) is 17.6 Å². The number of Topliss-reactive ketones (excluding diaryl/α,β-unsaturated/α-hetero) is 1. The third-order valence-electron chi connectivity index (χ3n) is 8.74. The molecule has 0 aromatic carbocycles. The van der Waals surface area contributed by atoms with E-state index in [-0.39, 0.29) is 42.4 Å². The molecule has 5 atom stereocenters. The summed E-state index contributed by atoms with van der Waals surface area (Å²) in [5, 5.41) is 26.3. The molecule has 1 heterocycles. The number of carbonyl (C=O) groups is 5. The molecule has 4 N–H and O–H groups in total. The Kier molecular flexibility index (Phi) is 14.7. The molecular weight excluding hydrogens is 604 g/mol. The number of aliphatic hydroxyl groups excluding tert-OH is 2. The number of ketones is 2. The summed E-state index contributed by atoms with van der Waals surface area (Å²) < 4.78 is 11.2. The maximum absolute atomic E-state index is 13.1. The van der Waals surface area contributed by atoms with E-state index in [1.165, 1.54) is 13.2 Å². The summed E-state index contributed by atoms with van der Waals surface area (Å²) in [5.74, 6) is -3.00. The summed E-state index contributed by atoms with van der Waals surface area (Å²) in [7, 11) is 1.46. The zero-order valence-corrected chi connectivity index (χ0v) is 27.6. The zero-order valence-electron chi connectivity index (χ0n) is 27.6. The quantitative estimate of drug-likeness (QED) is 0.198. The normalized spacial score (nSPS) is 29.0. The second-order valence-corrected chi connectivity index (χ2v) is 12.4. The highest BCUT2D eigenvalue weighted by Crippen LogP contribution is 2.26. The van der Waals surface area contributed by atoms with Crippen molar-refractivity contribution in [3.05, 3.63) is 71.5 Å². The predicted molar refractivity (Wildman–Crippen MR) is 175 cm³/mol. The number of allylic oxidation sites excluding steroid dienone is 8. The number of hydrogen-bond donors (Lipinski definition) is 4. The van der Waals surface area contributed by atoms with E-state index in [4.69, 9.17) is 9.47 Å². The van der Waals surface area contributed by atoms with Crippen LogP contribution in [0.25, 0.3) is 0 Å². The van der Waals surface area contributed by atoms with Crippen LogP contribution in [0.2, 0.25) is 0 Å². The SMILES string of the molecule is COC1C=CC=CC=CCC(OC(=O)C(C)NC(=O)C2CCC(O)CC2)C(C)C(O)C(C)=CCCC2=CC(=O)C=C(NC(=O)C1)C2=O. The van der Waals surface area contributed by atoms with Gasteiger partial charge in [-0.05, 0) is 64.0 Å². The number of hydrogen-bond acceptors (Lipinski definition) is 9. The van der Waals surface area contributed by atoms with Gasteiger partial charge in [0, 0.05) is 37.0 Å². The largest absolute Gasteiger partial charge is 0.460 e.